The predicted octanol–water partition coefficient (Wildman–Crippen LogP) is 6.28. The standard InChI is InChI=1S/C41H55N7O7/c1-24(2)35(45-40(52)54-6)39(51)47-22-10-13-34(47)36-42-23-33(44-36)30-20-18-29(19-21-30)28-16-14-27(15-17-28)26(5)43-37(49)31-11-8-9-12-32(31)38(50)48(25(3)4)46-41(53)55-7/h14-21,23-26,31-32,34-35H,8-13,22H2,1-7H3,(H,42,44)(H,43,49)(H,45,52)(H,46,53)/t26-,31+,32-,34+,35?/m1/s1. The number of rotatable bonds is 11. The van der Waals surface area contributed by atoms with Crippen LogP contribution in [0, 0.1) is 17.8 Å². The molecule has 5 atom stereocenters. The lowest BCUT2D eigenvalue weighted by atomic mass is 9.77. The molecule has 2 aromatic carbocycles. The summed E-state index contributed by atoms with van der Waals surface area (Å²) < 4.78 is 9.45. The van der Waals surface area contributed by atoms with E-state index < -0.39 is 30.1 Å². The van der Waals surface area contributed by atoms with Crippen molar-refractivity contribution in [1.82, 2.24) is 35.9 Å². The fourth-order valence-electron chi connectivity index (χ4n) is 7.56. The molecule has 1 aliphatic carbocycles. The van der Waals surface area contributed by atoms with Crippen LogP contribution in [0.2, 0.25) is 0 Å². The highest BCUT2D eigenvalue weighted by Crippen LogP contribution is 2.35. The predicted molar refractivity (Wildman–Crippen MR) is 207 cm³/mol. The minimum absolute atomic E-state index is 0.113. The number of amides is 5. The largest absolute Gasteiger partial charge is 0.453 e. The molecule has 3 aromatic rings. The third kappa shape index (κ3) is 9.65. The number of methoxy groups -OCH3 is 2. The molecule has 2 fully saturated rings. The first-order chi connectivity index (χ1) is 26.3. The summed E-state index contributed by atoms with van der Waals surface area (Å²) in [7, 11) is 2.53. The zero-order valence-electron chi connectivity index (χ0n) is 32.9. The summed E-state index contributed by atoms with van der Waals surface area (Å²) >= 11 is 0. The van der Waals surface area contributed by atoms with Gasteiger partial charge in [0.1, 0.15) is 11.9 Å². The number of aromatic nitrogens is 2. The number of hydrazine groups is 1. The zero-order valence-corrected chi connectivity index (χ0v) is 32.9. The highest BCUT2D eigenvalue weighted by molar-refractivity contribution is 5.89. The van der Waals surface area contributed by atoms with Gasteiger partial charge in [-0.1, -0.05) is 75.2 Å². The van der Waals surface area contributed by atoms with E-state index in [1.54, 1.807) is 24.9 Å². The lowest BCUT2D eigenvalue weighted by molar-refractivity contribution is -0.147. The number of likely N-dealkylation sites (tertiary alicyclic amines) is 1. The van der Waals surface area contributed by atoms with Gasteiger partial charge in [0.25, 0.3) is 0 Å². The SMILES string of the molecule is COC(=O)NC(C(=O)N1CCC[C@H]1c1ncc(-c2ccc(-c3ccc([C@@H](C)NC(=O)[C@H]4CCCC[C@H]4C(=O)N(NC(=O)OC)C(C)C)cc3)cc2)[nH]1)C(C)C. The minimum atomic E-state index is -0.727. The number of nitrogens with one attached hydrogen (secondary N) is 4. The molecule has 14 nitrogen and oxygen atoms in total. The number of aromatic amines is 1. The Hall–Kier alpha value is -5.40. The van der Waals surface area contributed by atoms with Crippen molar-refractivity contribution < 1.29 is 33.4 Å². The van der Waals surface area contributed by atoms with Crippen LogP contribution in [-0.4, -0.2) is 82.6 Å². The molecule has 0 bridgehead atoms. The second-order valence-corrected chi connectivity index (χ2v) is 15.1. The summed E-state index contributed by atoms with van der Waals surface area (Å²) in [5.74, 6) is -1.05. The van der Waals surface area contributed by atoms with Crippen molar-refractivity contribution >= 4 is 29.9 Å². The molecular weight excluding hydrogens is 702 g/mol. The van der Waals surface area contributed by atoms with Gasteiger partial charge in [-0.05, 0) is 74.6 Å². The highest BCUT2D eigenvalue weighted by atomic mass is 16.5. The van der Waals surface area contributed by atoms with E-state index in [1.165, 1.54) is 19.2 Å². The molecule has 0 spiro atoms. The maximum Gasteiger partial charge on any atom is 0.425 e. The number of benzene rings is 2. The molecule has 2 aliphatic rings. The van der Waals surface area contributed by atoms with Crippen molar-refractivity contribution in [3.8, 4) is 22.4 Å². The van der Waals surface area contributed by atoms with Gasteiger partial charge in [-0.2, -0.15) is 0 Å². The maximum absolute atomic E-state index is 13.6. The van der Waals surface area contributed by atoms with Crippen LogP contribution in [0.5, 0.6) is 0 Å². The topological polar surface area (TPSA) is 175 Å². The van der Waals surface area contributed by atoms with E-state index >= 15 is 0 Å². The lowest BCUT2D eigenvalue weighted by Crippen LogP contribution is -2.54. The fraction of sp³-hybridized carbons (Fsp3) is 0.512. The fourth-order valence-corrected chi connectivity index (χ4v) is 7.56. The molecule has 1 saturated heterocycles. The van der Waals surface area contributed by atoms with E-state index in [1.807, 2.05) is 69.3 Å². The first-order valence-corrected chi connectivity index (χ1v) is 19.2. The molecule has 1 unspecified atom stereocenters. The highest BCUT2D eigenvalue weighted by Gasteiger charge is 2.40. The molecule has 1 saturated carbocycles. The summed E-state index contributed by atoms with van der Waals surface area (Å²) in [5, 5.41) is 7.09. The summed E-state index contributed by atoms with van der Waals surface area (Å²) in [6, 6.07) is 14.7. The normalized spacial score (nSPS) is 19.4. The third-order valence-electron chi connectivity index (χ3n) is 10.7. The zero-order chi connectivity index (χ0) is 39.8. The van der Waals surface area contributed by atoms with E-state index in [4.69, 9.17) is 9.47 Å². The summed E-state index contributed by atoms with van der Waals surface area (Å²) in [6.07, 6.45) is 4.90. The van der Waals surface area contributed by atoms with Crippen LogP contribution in [-0.2, 0) is 23.9 Å². The van der Waals surface area contributed by atoms with Crippen molar-refractivity contribution in [2.75, 3.05) is 20.8 Å². The molecule has 5 rings (SSSR count). The Kier molecular flexibility index (Phi) is 13.6. The number of carbonyl (C=O) groups is 5. The van der Waals surface area contributed by atoms with Gasteiger partial charge in [0.2, 0.25) is 17.7 Å². The van der Waals surface area contributed by atoms with Crippen LogP contribution in [0.3, 0.4) is 0 Å². The van der Waals surface area contributed by atoms with Gasteiger partial charge in [-0.15, -0.1) is 0 Å². The number of hydrogen-bond acceptors (Lipinski definition) is 8. The van der Waals surface area contributed by atoms with Crippen molar-refractivity contribution in [3.05, 3.63) is 66.1 Å². The Morgan fingerprint density at radius 2 is 1.38 bits per heavy atom. The Bertz CT molecular complexity index is 1810. The molecule has 4 N–H and O–H groups in total. The van der Waals surface area contributed by atoms with Gasteiger partial charge < -0.3 is 30.0 Å². The van der Waals surface area contributed by atoms with Crippen LogP contribution >= 0.6 is 0 Å². The quantitative estimate of drug-likeness (QED) is 0.165. The monoisotopic (exact) mass is 757 g/mol. The van der Waals surface area contributed by atoms with Gasteiger partial charge in [0.05, 0.1) is 44.1 Å². The number of ether oxygens (including phenoxy) is 2. The second kappa shape index (κ2) is 18.3. The van der Waals surface area contributed by atoms with Gasteiger partial charge >= 0.3 is 12.2 Å². The van der Waals surface area contributed by atoms with E-state index in [2.05, 4.69) is 26.0 Å². The molecule has 1 aromatic heterocycles. The summed E-state index contributed by atoms with van der Waals surface area (Å²) in [5.41, 5.74) is 7.28. The van der Waals surface area contributed by atoms with Crippen LogP contribution < -0.4 is 16.1 Å². The van der Waals surface area contributed by atoms with E-state index in [-0.39, 0.29) is 41.8 Å². The second-order valence-electron chi connectivity index (χ2n) is 15.1. The number of carbonyl (C=O) groups excluding carboxylic acids is 5. The first kappa shape index (κ1) is 40.8. The van der Waals surface area contributed by atoms with Gasteiger partial charge in [0.15, 0.2) is 0 Å². The number of hydrogen-bond donors (Lipinski definition) is 4. The van der Waals surface area contributed by atoms with Crippen LogP contribution in [0.15, 0.2) is 54.7 Å². The summed E-state index contributed by atoms with van der Waals surface area (Å²) in [6.45, 7) is 9.90. The number of alkyl carbamates (subject to hydrolysis) is 1. The molecular formula is C41H55N7O7. The lowest BCUT2D eigenvalue weighted by Gasteiger charge is -2.35. The molecule has 296 valence electrons. The Balaban J connectivity index is 1.21. The Labute approximate surface area is 323 Å². The number of H-pyrrole nitrogens is 1. The number of imidazole rings is 1. The van der Waals surface area contributed by atoms with Crippen molar-refractivity contribution in [3.63, 3.8) is 0 Å². The van der Waals surface area contributed by atoms with Crippen molar-refractivity contribution in [2.24, 2.45) is 17.8 Å². The van der Waals surface area contributed by atoms with Gasteiger partial charge in [-0.25, -0.2) is 25.0 Å². The average molecular weight is 758 g/mol. The number of nitrogens with zero attached hydrogens (tertiary/aromatic N) is 3. The van der Waals surface area contributed by atoms with Crippen LogP contribution in [0.1, 0.15) is 96.6 Å². The average Bonchev–Trinajstić information content (AvgIpc) is 3.89. The molecule has 55 heavy (non-hydrogen) atoms. The van der Waals surface area contributed by atoms with Gasteiger partial charge in [0, 0.05) is 18.5 Å². The molecule has 1 aliphatic heterocycles. The molecule has 2 heterocycles. The molecule has 14 heteroatoms. The Morgan fingerprint density at radius 1 is 0.782 bits per heavy atom. The minimum Gasteiger partial charge on any atom is -0.453 e. The maximum atomic E-state index is 13.6. The summed E-state index contributed by atoms with van der Waals surface area (Å²) in [4.78, 5) is 74.4. The molecule has 5 amide bonds. The van der Waals surface area contributed by atoms with Crippen molar-refractivity contribution in [1.29, 1.82) is 0 Å². The van der Waals surface area contributed by atoms with Crippen molar-refractivity contribution in [2.45, 2.75) is 97.3 Å². The van der Waals surface area contributed by atoms with E-state index in [9.17, 15) is 24.0 Å². The van der Waals surface area contributed by atoms with Gasteiger partial charge in [-0.3, -0.25) is 14.4 Å². The smallest absolute Gasteiger partial charge is 0.425 e. The first-order valence-electron chi connectivity index (χ1n) is 19.2. The van der Waals surface area contributed by atoms with E-state index in [0.717, 1.165) is 53.6 Å². The Morgan fingerprint density at radius 3 is 1.98 bits per heavy atom. The van der Waals surface area contributed by atoms with Crippen LogP contribution in [0.4, 0.5) is 9.59 Å². The van der Waals surface area contributed by atoms with Crippen LogP contribution in [0.25, 0.3) is 22.4 Å². The molecule has 0 radical (unpaired) electrons. The van der Waals surface area contributed by atoms with E-state index in [0.29, 0.717) is 25.2 Å². The third-order valence-corrected chi connectivity index (χ3v) is 10.7.